The van der Waals surface area contributed by atoms with Crippen molar-refractivity contribution in [1.29, 1.82) is 0 Å². The highest BCUT2D eigenvalue weighted by atomic mass is 16.6. The number of ketones is 1. The van der Waals surface area contributed by atoms with Crippen LogP contribution in [0.2, 0.25) is 0 Å². The third kappa shape index (κ3) is 15.5. The van der Waals surface area contributed by atoms with E-state index >= 15 is 0 Å². The molecule has 0 saturated heterocycles. The van der Waals surface area contributed by atoms with Crippen LogP contribution in [0, 0.1) is 0 Å². The highest BCUT2D eigenvalue weighted by molar-refractivity contribution is 5.75. The lowest BCUT2D eigenvalue weighted by atomic mass is 10.3. The standard InChI is InChI=1S/C14H28O6/c1-3-14(16)12-20-11-10-19-9-8-18-7-6-17-5-4-13(2)15/h14,16H,3-12H2,1-2H3. The van der Waals surface area contributed by atoms with E-state index in [-0.39, 0.29) is 11.9 Å². The Balaban J connectivity index is 3.01. The lowest BCUT2D eigenvalue weighted by Gasteiger charge is -2.09. The van der Waals surface area contributed by atoms with Crippen LogP contribution in [0.15, 0.2) is 0 Å². The third-order valence-corrected chi connectivity index (χ3v) is 2.50. The molecule has 6 heteroatoms. The average Bonchev–Trinajstić information content (AvgIpc) is 2.43. The number of carbonyl (C=O) groups is 1. The van der Waals surface area contributed by atoms with Gasteiger partial charge in [-0.2, -0.15) is 0 Å². The zero-order valence-electron chi connectivity index (χ0n) is 12.6. The number of aliphatic hydroxyl groups excluding tert-OH is 1. The Labute approximate surface area is 121 Å². The van der Waals surface area contributed by atoms with E-state index in [9.17, 15) is 9.90 Å². The number of Topliss-reactive ketones (excluding diaryl/α,β-unsaturated/α-hetero) is 1. The summed E-state index contributed by atoms with van der Waals surface area (Å²) in [6, 6.07) is 0. The molecule has 0 aliphatic heterocycles. The molecule has 0 aliphatic rings. The number of ether oxygens (including phenoxy) is 4. The first-order chi connectivity index (χ1) is 9.66. The minimum Gasteiger partial charge on any atom is -0.391 e. The van der Waals surface area contributed by atoms with Gasteiger partial charge in [-0.3, -0.25) is 4.79 Å². The Morgan fingerprint density at radius 2 is 1.35 bits per heavy atom. The number of aliphatic hydroxyl groups is 1. The zero-order chi connectivity index (χ0) is 15.1. The summed E-state index contributed by atoms with van der Waals surface area (Å²) in [5.41, 5.74) is 0. The lowest BCUT2D eigenvalue weighted by Crippen LogP contribution is -2.17. The molecule has 1 atom stereocenters. The van der Waals surface area contributed by atoms with Gasteiger partial charge in [-0.25, -0.2) is 0 Å². The van der Waals surface area contributed by atoms with Crippen LogP contribution in [0.4, 0.5) is 0 Å². The molecule has 0 aliphatic carbocycles. The quantitative estimate of drug-likeness (QED) is 0.450. The first kappa shape index (κ1) is 19.5. The molecule has 1 N–H and O–H groups in total. The van der Waals surface area contributed by atoms with Crippen molar-refractivity contribution in [1.82, 2.24) is 0 Å². The molecule has 0 saturated carbocycles. The zero-order valence-corrected chi connectivity index (χ0v) is 12.6. The first-order valence-corrected chi connectivity index (χ1v) is 7.15. The normalized spacial score (nSPS) is 12.6. The fourth-order valence-corrected chi connectivity index (χ4v) is 1.21. The van der Waals surface area contributed by atoms with Gasteiger partial charge in [-0.1, -0.05) is 6.92 Å². The molecule has 0 aromatic heterocycles. The van der Waals surface area contributed by atoms with Crippen LogP contribution in [0.25, 0.3) is 0 Å². The highest BCUT2D eigenvalue weighted by Gasteiger charge is 1.99. The van der Waals surface area contributed by atoms with Crippen LogP contribution in [0.1, 0.15) is 26.7 Å². The van der Waals surface area contributed by atoms with E-state index in [1.807, 2.05) is 6.92 Å². The molecule has 0 aromatic carbocycles. The highest BCUT2D eigenvalue weighted by Crippen LogP contribution is 1.90. The van der Waals surface area contributed by atoms with Crippen molar-refractivity contribution in [2.24, 2.45) is 0 Å². The fraction of sp³-hybridized carbons (Fsp3) is 0.929. The largest absolute Gasteiger partial charge is 0.391 e. The van der Waals surface area contributed by atoms with E-state index in [4.69, 9.17) is 18.9 Å². The van der Waals surface area contributed by atoms with Crippen LogP contribution >= 0.6 is 0 Å². The van der Waals surface area contributed by atoms with E-state index in [1.165, 1.54) is 0 Å². The van der Waals surface area contributed by atoms with Gasteiger partial charge in [0.05, 0.1) is 59.0 Å². The van der Waals surface area contributed by atoms with Gasteiger partial charge in [-0.05, 0) is 13.3 Å². The Morgan fingerprint density at radius 1 is 0.900 bits per heavy atom. The Hall–Kier alpha value is -0.530. The van der Waals surface area contributed by atoms with Crippen molar-refractivity contribution < 1.29 is 28.8 Å². The van der Waals surface area contributed by atoms with Crippen LogP contribution < -0.4 is 0 Å². The summed E-state index contributed by atoms with van der Waals surface area (Å²) in [4.78, 5) is 10.6. The maximum absolute atomic E-state index is 10.6. The van der Waals surface area contributed by atoms with E-state index in [1.54, 1.807) is 6.92 Å². The minimum absolute atomic E-state index is 0.132. The fourth-order valence-electron chi connectivity index (χ4n) is 1.21. The first-order valence-electron chi connectivity index (χ1n) is 7.15. The molecule has 0 heterocycles. The summed E-state index contributed by atoms with van der Waals surface area (Å²) >= 11 is 0. The monoisotopic (exact) mass is 292 g/mol. The molecule has 0 aromatic rings. The average molecular weight is 292 g/mol. The second-order valence-corrected chi connectivity index (χ2v) is 4.43. The third-order valence-electron chi connectivity index (χ3n) is 2.50. The summed E-state index contributed by atoms with van der Waals surface area (Å²) in [7, 11) is 0. The smallest absolute Gasteiger partial charge is 0.132 e. The van der Waals surface area contributed by atoms with Gasteiger partial charge in [-0.15, -0.1) is 0 Å². The van der Waals surface area contributed by atoms with Gasteiger partial charge in [0, 0.05) is 6.42 Å². The molecular formula is C14H28O6. The van der Waals surface area contributed by atoms with Gasteiger partial charge in [0.25, 0.3) is 0 Å². The van der Waals surface area contributed by atoms with E-state index in [0.717, 1.165) is 0 Å². The van der Waals surface area contributed by atoms with Gasteiger partial charge in [0.2, 0.25) is 0 Å². The summed E-state index contributed by atoms with van der Waals surface area (Å²) in [5.74, 6) is 0.132. The van der Waals surface area contributed by atoms with Crippen molar-refractivity contribution in [3.63, 3.8) is 0 Å². The number of hydrogen-bond donors (Lipinski definition) is 1. The number of carbonyl (C=O) groups excluding carboxylic acids is 1. The van der Waals surface area contributed by atoms with Gasteiger partial charge < -0.3 is 24.1 Å². The van der Waals surface area contributed by atoms with Crippen molar-refractivity contribution in [3.05, 3.63) is 0 Å². The molecule has 0 radical (unpaired) electrons. The SMILES string of the molecule is CCC(O)COCCOCCOCCOCCC(C)=O. The topological polar surface area (TPSA) is 74.2 Å². The van der Waals surface area contributed by atoms with Crippen LogP contribution in [-0.2, 0) is 23.7 Å². The van der Waals surface area contributed by atoms with Crippen molar-refractivity contribution in [3.8, 4) is 0 Å². The van der Waals surface area contributed by atoms with Crippen LogP contribution in [-0.4, -0.2) is 69.8 Å². The molecule has 0 fully saturated rings. The second kappa shape index (κ2) is 14.9. The van der Waals surface area contributed by atoms with E-state index in [0.29, 0.717) is 65.7 Å². The molecule has 20 heavy (non-hydrogen) atoms. The van der Waals surface area contributed by atoms with E-state index < -0.39 is 0 Å². The number of rotatable bonds is 15. The Bertz CT molecular complexity index is 222. The van der Waals surface area contributed by atoms with Gasteiger partial charge >= 0.3 is 0 Å². The maximum atomic E-state index is 10.6. The molecule has 0 spiro atoms. The molecule has 0 amide bonds. The molecule has 0 bridgehead atoms. The van der Waals surface area contributed by atoms with Crippen LogP contribution in [0.5, 0.6) is 0 Å². The Morgan fingerprint density at radius 3 is 1.80 bits per heavy atom. The van der Waals surface area contributed by atoms with Crippen molar-refractivity contribution >= 4 is 5.78 Å². The van der Waals surface area contributed by atoms with Crippen LogP contribution in [0.3, 0.4) is 0 Å². The molecule has 1 unspecified atom stereocenters. The Kier molecular flexibility index (Phi) is 14.5. The molecule has 120 valence electrons. The molecule has 6 nitrogen and oxygen atoms in total. The maximum Gasteiger partial charge on any atom is 0.132 e. The van der Waals surface area contributed by atoms with Gasteiger partial charge in [0.15, 0.2) is 0 Å². The van der Waals surface area contributed by atoms with Crippen molar-refractivity contribution in [2.45, 2.75) is 32.8 Å². The summed E-state index contributed by atoms with van der Waals surface area (Å²) in [5, 5.41) is 9.23. The number of hydrogen-bond acceptors (Lipinski definition) is 6. The molecule has 0 rings (SSSR count). The molecular weight excluding hydrogens is 264 g/mol. The van der Waals surface area contributed by atoms with Gasteiger partial charge in [0.1, 0.15) is 5.78 Å². The van der Waals surface area contributed by atoms with Crippen molar-refractivity contribution in [2.75, 3.05) is 52.9 Å². The summed E-state index contributed by atoms with van der Waals surface area (Å²) in [6.45, 7) is 7.24. The lowest BCUT2D eigenvalue weighted by molar-refractivity contribution is -0.118. The predicted octanol–water partition coefficient (Wildman–Crippen LogP) is 0.803. The minimum atomic E-state index is -0.388. The predicted molar refractivity (Wildman–Crippen MR) is 74.9 cm³/mol. The summed E-state index contributed by atoms with van der Waals surface area (Å²) in [6.07, 6.45) is 0.764. The summed E-state index contributed by atoms with van der Waals surface area (Å²) < 4.78 is 21.0. The second-order valence-electron chi connectivity index (χ2n) is 4.43. The van der Waals surface area contributed by atoms with E-state index in [2.05, 4.69) is 0 Å².